The predicted molar refractivity (Wildman–Crippen MR) is 203 cm³/mol. The number of para-hydroxylation sites is 3. The van der Waals surface area contributed by atoms with E-state index in [0.717, 1.165) is 44.8 Å². The molecule has 0 unspecified atom stereocenters. The first-order valence-electron chi connectivity index (χ1n) is 16.9. The van der Waals surface area contributed by atoms with Crippen LogP contribution in [0.1, 0.15) is 40.9 Å². The molecule has 0 aliphatic heterocycles. The van der Waals surface area contributed by atoms with Crippen molar-refractivity contribution in [1.29, 1.82) is 0 Å². The van der Waals surface area contributed by atoms with E-state index in [9.17, 15) is 4.79 Å². The van der Waals surface area contributed by atoms with Crippen molar-refractivity contribution in [2.45, 2.75) is 19.3 Å². The summed E-state index contributed by atoms with van der Waals surface area (Å²) in [5.74, 6) is 0.110. The van der Waals surface area contributed by atoms with E-state index in [1.54, 1.807) is 0 Å². The molecule has 3 nitrogen and oxygen atoms in total. The van der Waals surface area contributed by atoms with Gasteiger partial charge in [0.1, 0.15) is 0 Å². The molecule has 2 aromatic heterocycles. The van der Waals surface area contributed by atoms with Crippen LogP contribution >= 0.6 is 0 Å². The van der Waals surface area contributed by atoms with Crippen LogP contribution in [0.2, 0.25) is 0 Å². The molecule has 0 spiro atoms. The monoisotopic (exact) mass is 628 g/mol. The third-order valence-corrected chi connectivity index (χ3v) is 10.7. The maximum absolute atomic E-state index is 13.5. The number of hydrogen-bond donors (Lipinski definition) is 0. The van der Waals surface area contributed by atoms with Gasteiger partial charge in [0.25, 0.3) is 0 Å². The number of hydrogen-bond acceptors (Lipinski definition) is 1. The van der Waals surface area contributed by atoms with Crippen LogP contribution in [-0.2, 0) is 5.41 Å². The summed E-state index contributed by atoms with van der Waals surface area (Å²) >= 11 is 0. The van der Waals surface area contributed by atoms with Crippen molar-refractivity contribution in [3.8, 4) is 22.5 Å². The minimum atomic E-state index is -0.272. The highest BCUT2D eigenvalue weighted by molar-refractivity contribution is 6.19. The van der Waals surface area contributed by atoms with Crippen LogP contribution in [0.4, 0.5) is 0 Å². The topological polar surface area (TPSA) is 26.9 Å². The van der Waals surface area contributed by atoms with Gasteiger partial charge in [-0.05, 0) is 76.9 Å². The van der Waals surface area contributed by atoms with Crippen molar-refractivity contribution in [3.05, 3.63) is 180 Å². The molecule has 0 N–H and O–H groups in total. The number of nitrogens with zero attached hydrogens (tertiary/aromatic N) is 2. The van der Waals surface area contributed by atoms with Crippen LogP contribution < -0.4 is 0 Å². The molecule has 3 heteroatoms. The summed E-state index contributed by atoms with van der Waals surface area (Å²) in [5, 5.41) is 4.98. The van der Waals surface area contributed by atoms with E-state index in [-0.39, 0.29) is 11.2 Å². The Balaban J connectivity index is 1.15. The highest BCUT2D eigenvalue weighted by atomic mass is 16.1. The molecule has 0 radical (unpaired) electrons. The van der Waals surface area contributed by atoms with Gasteiger partial charge in [0.05, 0.1) is 22.1 Å². The van der Waals surface area contributed by atoms with Crippen LogP contribution in [0.15, 0.2) is 158 Å². The molecule has 49 heavy (non-hydrogen) atoms. The highest BCUT2D eigenvalue weighted by Gasteiger charge is 2.36. The first kappa shape index (κ1) is 27.9. The van der Waals surface area contributed by atoms with Crippen LogP contribution in [0.3, 0.4) is 0 Å². The summed E-state index contributed by atoms with van der Waals surface area (Å²) in [4.78, 5) is 13.5. The molecule has 10 rings (SSSR count). The van der Waals surface area contributed by atoms with Crippen molar-refractivity contribution in [2.24, 2.45) is 0 Å². The fraction of sp³-hybridized carbons (Fsp3) is 0.0652. The molecule has 0 atom stereocenters. The van der Waals surface area contributed by atoms with Gasteiger partial charge in [0, 0.05) is 49.5 Å². The van der Waals surface area contributed by atoms with Crippen molar-refractivity contribution < 1.29 is 4.79 Å². The second-order valence-corrected chi connectivity index (χ2v) is 13.7. The second kappa shape index (κ2) is 10.2. The molecular formula is C46H32N2O. The van der Waals surface area contributed by atoms with E-state index in [0.29, 0.717) is 0 Å². The Labute approximate surface area is 284 Å². The second-order valence-electron chi connectivity index (χ2n) is 13.7. The molecular weight excluding hydrogens is 597 g/mol. The molecule has 0 bridgehead atoms. The summed E-state index contributed by atoms with van der Waals surface area (Å²) in [6, 6.07) is 56.0. The lowest BCUT2D eigenvalue weighted by atomic mass is 9.68. The lowest BCUT2D eigenvalue weighted by molar-refractivity contribution is 0.103. The molecule has 2 heterocycles. The first-order valence-corrected chi connectivity index (χ1v) is 16.9. The highest BCUT2D eigenvalue weighted by Crippen LogP contribution is 2.43. The number of carbonyl (C=O) groups is 1. The first-order chi connectivity index (χ1) is 24.0. The zero-order chi connectivity index (χ0) is 32.9. The number of aromatic nitrogens is 2. The van der Waals surface area contributed by atoms with Crippen molar-refractivity contribution >= 4 is 49.4 Å². The van der Waals surface area contributed by atoms with E-state index < -0.39 is 0 Å². The molecule has 0 amide bonds. The normalized spacial score (nSPS) is 13.7. The van der Waals surface area contributed by atoms with Crippen molar-refractivity contribution in [2.75, 3.05) is 0 Å². The number of benzene rings is 7. The van der Waals surface area contributed by atoms with Gasteiger partial charge in [0.2, 0.25) is 0 Å². The molecule has 0 fully saturated rings. The SMILES string of the molecule is CC1(C)c2ccccc2C(=O)c2ccc(-c3ccc(-n4c5ccccc5c5cc6c7ccccc7n(-c7ccccc7)c6cc54)cc3)cc21. The van der Waals surface area contributed by atoms with Crippen molar-refractivity contribution in [3.63, 3.8) is 0 Å². The fourth-order valence-electron chi connectivity index (χ4n) is 8.32. The van der Waals surface area contributed by atoms with Gasteiger partial charge in [-0.25, -0.2) is 0 Å². The van der Waals surface area contributed by atoms with Gasteiger partial charge in [-0.3, -0.25) is 4.79 Å². The third-order valence-electron chi connectivity index (χ3n) is 10.7. The standard InChI is InChI=1S/C46H32N2O/c1-46(2)39-17-9-6-16-35(39)45(49)36-25-22-30(26-40(36)46)29-20-23-32(24-21-29)48-42-19-11-8-15-34(42)38-27-37-33-14-7-10-18-41(33)47(43(37)28-44(38)48)31-12-4-3-5-13-31/h3-28H,1-2H3. The number of fused-ring (bicyclic) bond motifs is 8. The largest absolute Gasteiger partial charge is 0.309 e. The van der Waals surface area contributed by atoms with E-state index in [4.69, 9.17) is 0 Å². The van der Waals surface area contributed by atoms with Gasteiger partial charge in [-0.15, -0.1) is 0 Å². The summed E-state index contributed by atoms with van der Waals surface area (Å²) in [5.41, 5.74) is 12.8. The Hall–Kier alpha value is -6.19. The lowest BCUT2D eigenvalue weighted by Gasteiger charge is -2.34. The summed E-state index contributed by atoms with van der Waals surface area (Å²) in [6.45, 7) is 4.45. The zero-order valence-corrected chi connectivity index (χ0v) is 27.3. The Morgan fingerprint density at radius 2 is 0.939 bits per heavy atom. The molecule has 1 aliphatic rings. The molecule has 9 aromatic rings. The maximum Gasteiger partial charge on any atom is 0.193 e. The van der Waals surface area contributed by atoms with Gasteiger partial charge < -0.3 is 9.13 Å². The van der Waals surface area contributed by atoms with E-state index in [1.165, 1.54) is 43.6 Å². The number of ketones is 1. The molecule has 232 valence electrons. The zero-order valence-electron chi connectivity index (χ0n) is 27.3. The molecule has 0 saturated heterocycles. The third kappa shape index (κ3) is 3.93. The Morgan fingerprint density at radius 1 is 0.408 bits per heavy atom. The van der Waals surface area contributed by atoms with E-state index in [2.05, 4.69) is 156 Å². The predicted octanol–water partition coefficient (Wildman–Crippen LogP) is 11.4. The Kier molecular flexibility index (Phi) is 5.78. The Morgan fingerprint density at radius 3 is 1.61 bits per heavy atom. The van der Waals surface area contributed by atoms with Gasteiger partial charge in [-0.2, -0.15) is 0 Å². The Bertz CT molecular complexity index is 2800. The quantitative estimate of drug-likeness (QED) is 0.191. The molecule has 1 aliphatic carbocycles. The minimum absolute atomic E-state index is 0.110. The van der Waals surface area contributed by atoms with Crippen LogP contribution in [-0.4, -0.2) is 14.9 Å². The maximum atomic E-state index is 13.5. The van der Waals surface area contributed by atoms with E-state index >= 15 is 0 Å². The van der Waals surface area contributed by atoms with Crippen molar-refractivity contribution in [1.82, 2.24) is 9.13 Å². The molecule has 0 saturated carbocycles. The van der Waals surface area contributed by atoms with Gasteiger partial charge in [0.15, 0.2) is 5.78 Å². The number of carbonyl (C=O) groups excluding carboxylic acids is 1. The molecule has 7 aromatic carbocycles. The summed E-state index contributed by atoms with van der Waals surface area (Å²) in [7, 11) is 0. The number of rotatable bonds is 3. The van der Waals surface area contributed by atoms with E-state index in [1.807, 2.05) is 24.3 Å². The smallest absolute Gasteiger partial charge is 0.193 e. The summed E-state index contributed by atoms with van der Waals surface area (Å²) < 4.78 is 4.78. The van der Waals surface area contributed by atoms with Gasteiger partial charge in [-0.1, -0.05) is 117 Å². The van der Waals surface area contributed by atoms with Crippen LogP contribution in [0.25, 0.3) is 66.1 Å². The lowest BCUT2D eigenvalue weighted by Crippen LogP contribution is -2.30. The fourth-order valence-corrected chi connectivity index (χ4v) is 8.32. The average molecular weight is 629 g/mol. The van der Waals surface area contributed by atoms with Gasteiger partial charge >= 0.3 is 0 Å². The average Bonchev–Trinajstić information content (AvgIpc) is 3.65. The van der Waals surface area contributed by atoms with Crippen LogP contribution in [0, 0.1) is 0 Å². The summed E-state index contributed by atoms with van der Waals surface area (Å²) in [6.07, 6.45) is 0. The van der Waals surface area contributed by atoms with Crippen LogP contribution in [0.5, 0.6) is 0 Å². The minimum Gasteiger partial charge on any atom is -0.309 e.